The summed E-state index contributed by atoms with van der Waals surface area (Å²) in [6.07, 6.45) is 0. The number of fused-ring (bicyclic) bond motifs is 3. The molecule has 5 heteroatoms. The second-order valence-electron chi connectivity index (χ2n) is 5.60. The number of rotatable bonds is 2. The van der Waals surface area contributed by atoms with Gasteiger partial charge in [-0.1, -0.05) is 35.9 Å². The first-order valence-corrected chi connectivity index (χ1v) is 7.56. The van der Waals surface area contributed by atoms with Gasteiger partial charge in [0.15, 0.2) is 11.5 Å². The maximum atomic E-state index is 12.2. The molecule has 4 aromatic rings. The second kappa shape index (κ2) is 5.45. The molecule has 5 nitrogen and oxygen atoms in total. The molecule has 0 saturated heterocycles. The van der Waals surface area contributed by atoms with E-state index in [1.807, 2.05) is 55.5 Å². The molecule has 0 atom stereocenters. The summed E-state index contributed by atoms with van der Waals surface area (Å²) in [5.74, 6) is 1.37. The van der Waals surface area contributed by atoms with Crippen molar-refractivity contribution < 1.29 is 9.15 Å². The predicted octanol–water partition coefficient (Wildman–Crippen LogP) is 4.15. The number of ether oxygens (including phenoxy) is 1. The summed E-state index contributed by atoms with van der Waals surface area (Å²) < 4.78 is 11.1. The third-order valence-electron chi connectivity index (χ3n) is 3.80. The zero-order valence-electron chi connectivity index (χ0n) is 13.2. The van der Waals surface area contributed by atoms with Gasteiger partial charge >= 0.3 is 5.63 Å². The first kappa shape index (κ1) is 14.4. The monoisotopic (exact) mass is 318 g/mol. The minimum atomic E-state index is -0.442. The summed E-state index contributed by atoms with van der Waals surface area (Å²) in [5.41, 5.74) is 1.03. The van der Waals surface area contributed by atoms with Crippen LogP contribution in [0.2, 0.25) is 0 Å². The van der Waals surface area contributed by atoms with Crippen LogP contribution in [0.5, 0.6) is 11.6 Å². The summed E-state index contributed by atoms with van der Waals surface area (Å²) in [4.78, 5) is 20.9. The van der Waals surface area contributed by atoms with Gasteiger partial charge in [0.1, 0.15) is 11.1 Å². The molecule has 0 fully saturated rings. The minimum absolute atomic E-state index is 0.275. The van der Waals surface area contributed by atoms with Crippen molar-refractivity contribution in [3.05, 3.63) is 70.4 Å². The molecule has 0 aliphatic heterocycles. The Hall–Kier alpha value is -3.21. The van der Waals surface area contributed by atoms with E-state index in [9.17, 15) is 4.79 Å². The summed E-state index contributed by atoms with van der Waals surface area (Å²) >= 11 is 0. The lowest BCUT2D eigenvalue weighted by molar-refractivity contribution is 0.460. The zero-order valence-corrected chi connectivity index (χ0v) is 13.2. The lowest BCUT2D eigenvalue weighted by Crippen LogP contribution is -2.06. The minimum Gasteiger partial charge on any atom is -0.438 e. The summed E-state index contributed by atoms with van der Waals surface area (Å²) in [5, 5.41) is 1.82. The highest BCUT2D eigenvalue weighted by atomic mass is 16.5. The van der Waals surface area contributed by atoms with E-state index in [-0.39, 0.29) is 5.89 Å². The van der Waals surface area contributed by atoms with Gasteiger partial charge in [-0.15, -0.1) is 0 Å². The highest BCUT2D eigenvalue weighted by Crippen LogP contribution is 2.31. The molecule has 2 heterocycles. The summed E-state index contributed by atoms with van der Waals surface area (Å²) in [6.45, 7) is 3.64. The number of aromatic nitrogens is 2. The van der Waals surface area contributed by atoms with Crippen molar-refractivity contribution in [3.63, 3.8) is 0 Å². The van der Waals surface area contributed by atoms with Gasteiger partial charge in [-0.25, -0.2) is 4.79 Å². The number of benzene rings is 2. The Morgan fingerprint density at radius 2 is 1.62 bits per heavy atom. The Labute approximate surface area is 137 Å². The smallest absolute Gasteiger partial charge is 0.349 e. The highest BCUT2D eigenvalue weighted by molar-refractivity contribution is 6.06. The lowest BCUT2D eigenvalue weighted by atomic mass is 10.1. The van der Waals surface area contributed by atoms with E-state index in [2.05, 4.69) is 9.97 Å². The van der Waals surface area contributed by atoms with Crippen molar-refractivity contribution in [1.29, 1.82) is 0 Å². The Bertz CT molecular complexity index is 1120. The molecule has 0 spiro atoms. The molecule has 0 amide bonds. The number of pyridine rings is 1. The molecule has 0 aliphatic rings. The van der Waals surface area contributed by atoms with Gasteiger partial charge in [-0.2, -0.15) is 9.97 Å². The molecule has 2 aromatic heterocycles. The average Bonchev–Trinajstić information content (AvgIpc) is 2.56. The Morgan fingerprint density at radius 3 is 2.38 bits per heavy atom. The number of hydrogen-bond acceptors (Lipinski definition) is 5. The van der Waals surface area contributed by atoms with Gasteiger partial charge in [0.05, 0.1) is 0 Å². The van der Waals surface area contributed by atoms with Crippen LogP contribution in [0.15, 0.2) is 57.7 Å². The normalized spacial score (nSPS) is 11.1. The van der Waals surface area contributed by atoms with E-state index in [1.54, 1.807) is 6.92 Å². The second-order valence-corrected chi connectivity index (χ2v) is 5.60. The quantitative estimate of drug-likeness (QED) is 0.520. The number of aryl methyl sites for hydroxylation is 2. The van der Waals surface area contributed by atoms with E-state index in [4.69, 9.17) is 9.15 Å². The van der Waals surface area contributed by atoms with Gasteiger partial charge in [0, 0.05) is 17.7 Å². The fourth-order valence-electron chi connectivity index (χ4n) is 2.66. The largest absolute Gasteiger partial charge is 0.438 e. The Kier molecular flexibility index (Phi) is 3.27. The maximum absolute atomic E-state index is 12.2. The van der Waals surface area contributed by atoms with Gasteiger partial charge in [-0.3, -0.25) is 0 Å². The van der Waals surface area contributed by atoms with E-state index in [1.165, 1.54) is 0 Å². The van der Waals surface area contributed by atoms with Crippen LogP contribution in [0.1, 0.15) is 11.5 Å². The molecule has 0 bridgehead atoms. The molecule has 0 radical (unpaired) electrons. The van der Waals surface area contributed by atoms with Crippen LogP contribution in [0.3, 0.4) is 0 Å². The van der Waals surface area contributed by atoms with Crippen LogP contribution in [0, 0.1) is 13.8 Å². The van der Waals surface area contributed by atoms with Gasteiger partial charge in [0.2, 0.25) is 5.88 Å². The first-order valence-electron chi connectivity index (χ1n) is 7.56. The SMILES string of the molecule is Cc1ccc(Oc2nc3nc(C)oc(=O)c3c3ccccc23)cc1. The molecule has 0 saturated carbocycles. The van der Waals surface area contributed by atoms with Crippen LogP contribution in [-0.4, -0.2) is 9.97 Å². The maximum Gasteiger partial charge on any atom is 0.349 e. The molecule has 0 N–H and O–H groups in total. The van der Waals surface area contributed by atoms with Gasteiger partial charge in [0.25, 0.3) is 0 Å². The van der Waals surface area contributed by atoms with Crippen LogP contribution in [-0.2, 0) is 0 Å². The first-order chi connectivity index (χ1) is 11.6. The molecule has 0 unspecified atom stereocenters. The average molecular weight is 318 g/mol. The Balaban J connectivity index is 2.00. The topological polar surface area (TPSA) is 65.2 Å². The van der Waals surface area contributed by atoms with E-state index >= 15 is 0 Å². The van der Waals surface area contributed by atoms with Crippen LogP contribution in [0.4, 0.5) is 0 Å². The number of nitrogens with zero attached hydrogens (tertiary/aromatic N) is 2. The van der Waals surface area contributed by atoms with Crippen molar-refractivity contribution in [2.45, 2.75) is 13.8 Å². The lowest BCUT2D eigenvalue weighted by Gasteiger charge is -2.10. The predicted molar refractivity (Wildman–Crippen MR) is 91.6 cm³/mol. The van der Waals surface area contributed by atoms with Crippen LogP contribution >= 0.6 is 0 Å². The summed E-state index contributed by atoms with van der Waals surface area (Å²) in [6, 6.07) is 15.1. The third kappa shape index (κ3) is 2.40. The highest BCUT2D eigenvalue weighted by Gasteiger charge is 2.15. The molecule has 24 heavy (non-hydrogen) atoms. The van der Waals surface area contributed by atoms with Crippen molar-refractivity contribution in [2.24, 2.45) is 0 Å². The third-order valence-corrected chi connectivity index (χ3v) is 3.80. The molecule has 4 rings (SSSR count). The van der Waals surface area contributed by atoms with Gasteiger partial charge in [-0.05, 0) is 25.1 Å². The van der Waals surface area contributed by atoms with E-state index in [0.717, 1.165) is 10.9 Å². The molecule has 2 aromatic carbocycles. The molecular formula is C19H14N2O3. The van der Waals surface area contributed by atoms with Crippen molar-refractivity contribution in [1.82, 2.24) is 9.97 Å². The fourth-order valence-corrected chi connectivity index (χ4v) is 2.66. The molecular weight excluding hydrogens is 304 g/mol. The molecule has 0 aliphatic carbocycles. The zero-order chi connectivity index (χ0) is 16.7. The van der Waals surface area contributed by atoms with Crippen molar-refractivity contribution >= 4 is 21.8 Å². The standard InChI is InChI=1S/C19H14N2O3/c1-11-7-9-13(10-8-11)24-18-15-6-4-3-5-14(15)16-17(21-18)20-12(2)23-19(16)22/h3-10H,1-2H3. The summed E-state index contributed by atoms with van der Waals surface area (Å²) in [7, 11) is 0. The van der Waals surface area contributed by atoms with Crippen molar-refractivity contribution in [3.8, 4) is 11.6 Å². The van der Waals surface area contributed by atoms with E-state index < -0.39 is 5.63 Å². The molecule has 118 valence electrons. The van der Waals surface area contributed by atoms with E-state index in [0.29, 0.717) is 28.0 Å². The van der Waals surface area contributed by atoms with Crippen molar-refractivity contribution in [2.75, 3.05) is 0 Å². The Morgan fingerprint density at radius 1 is 0.917 bits per heavy atom. The number of hydrogen-bond donors (Lipinski definition) is 0. The van der Waals surface area contributed by atoms with Crippen LogP contribution in [0.25, 0.3) is 21.8 Å². The fraction of sp³-hybridized carbons (Fsp3) is 0.105. The van der Waals surface area contributed by atoms with Gasteiger partial charge < -0.3 is 9.15 Å². The van der Waals surface area contributed by atoms with Crippen LogP contribution < -0.4 is 10.4 Å².